The lowest BCUT2D eigenvalue weighted by molar-refractivity contribution is 0.481. The normalized spacial score (nSPS) is 18.9. The Bertz CT molecular complexity index is 369. The van der Waals surface area contributed by atoms with E-state index in [2.05, 4.69) is 50.1 Å². The lowest BCUT2D eigenvalue weighted by Crippen LogP contribution is -2.24. The van der Waals surface area contributed by atoms with E-state index in [4.69, 9.17) is 0 Å². The third-order valence-electron chi connectivity index (χ3n) is 4.11. The highest BCUT2D eigenvalue weighted by Gasteiger charge is 2.21. The number of nitrogens with zero attached hydrogens (tertiary/aromatic N) is 1. The first-order valence-electron chi connectivity index (χ1n) is 7.20. The van der Waals surface area contributed by atoms with Crippen LogP contribution in [0.15, 0.2) is 18.3 Å². The van der Waals surface area contributed by atoms with Gasteiger partial charge in [-0.1, -0.05) is 39.7 Å². The second-order valence-corrected chi connectivity index (χ2v) is 6.66. The van der Waals surface area contributed by atoms with Crippen molar-refractivity contribution in [1.82, 2.24) is 4.98 Å². The molecule has 2 heteroatoms. The van der Waals surface area contributed by atoms with E-state index in [0.29, 0.717) is 6.04 Å². The minimum absolute atomic E-state index is 0.183. The fraction of sp³-hybridized carbons (Fsp3) is 0.688. The Labute approximate surface area is 111 Å². The zero-order valence-electron chi connectivity index (χ0n) is 12.2. The quantitative estimate of drug-likeness (QED) is 0.856. The van der Waals surface area contributed by atoms with Crippen LogP contribution in [0.4, 0.5) is 5.82 Å². The first-order chi connectivity index (χ1) is 8.47. The maximum atomic E-state index is 4.55. The molecule has 1 aromatic rings. The largest absolute Gasteiger partial charge is 0.367 e. The highest BCUT2D eigenvalue weighted by Crippen LogP contribution is 2.29. The van der Waals surface area contributed by atoms with Gasteiger partial charge < -0.3 is 5.32 Å². The minimum atomic E-state index is 0.183. The number of rotatable bonds is 3. The van der Waals surface area contributed by atoms with Crippen LogP contribution in [0.1, 0.15) is 58.9 Å². The maximum absolute atomic E-state index is 4.55. The van der Waals surface area contributed by atoms with Gasteiger partial charge in [-0.3, -0.25) is 0 Å². The Morgan fingerprint density at radius 3 is 2.39 bits per heavy atom. The molecule has 0 bridgehead atoms. The summed E-state index contributed by atoms with van der Waals surface area (Å²) in [4.78, 5) is 4.55. The molecule has 1 atom stereocenters. The number of pyridine rings is 1. The average molecular weight is 246 g/mol. The van der Waals surface area contributed by atoms with E-state index in [-0.39, 0.29) is 5.41 Å². The van der Waals surface area contributed by atoms with Crippen LogP contribution in [0.5, 0.6) is 0 Å². The van der Waals surface area contributed by atoms with Gasteiger partial charge in [0.2, 0.25) is 0 Å². The molecule has 0 radical (unpaired) electrons. The van der Waals surface area contributed by atoms with Gasteiger partial charge in [0.15, 0.2) is 0 Å². The van der Waals surface area contributed by atoms with Crippen molar-refractivity contribution < 1.29 is 0 Å². The first kappa shape index (κ1) is 13.4. The van der Waals surface area contributed by atoms with E-state index in [9.17, 15) is 0 Å². The Morgan fingerprint density at radius 1 is 1.22 bits per heavy atom. The molecule has 1 aliphatic rings. The van der Waals surface area contributed by atoms with E-state index in [0.717, 1.165) is 11.7 Å². The average Bonchev–Trinajstić information content (AvgIpc) is 2.82. The van der Waals surface area contributed by atoms with Crippen LogP contribution in [0, 0.1) is 5.92 Å². The molecule has 1 aromatic heterocycles. The summed E-state index contributed by atoms with van der Waals surface area (Å²) < 4.78 is 0. The fourth-order valence-electron chi connectivity index (χ4n) is 2.73. The van der Waals surface area contributed by atoms with Crippen molar-refractivity contribution in [3.8, 4) is 0 Å². The van der Waals surface area contributed by atoms with Crippen molar-refractivity contribution >= 4 is 5.82 Å². The zero-order valence-corrected chi connectivity index (χ0v) is 12.2. The number of anilines is 1. The summed E-state index contributed by atoms with van der Waals surface area (Å²) in [5.74, 6) is 1.84. The van der Waals surface area contributed by atoms with Crippen LogP contribution in [-0.2, 0) is 5.41 Å². The molecule has 0 aliphatic heterocycles. The fourth-order valence-corrected chi connectivity index (χ4v) is 2.73. The van der Waals surface area contributed by atoms with Crippen LogP contribution >= 0.6 is 0 Å². The molecule has 100 valence electrons. The second-order valence-electron chi connectivity index (χ2n) is 6.66. The molecule has 0 spiro atoms. The molecule has 1 aliphatic carbocycles. The molecule has 1 N–H and O–H groups in total. The third kappa shape index (κ3) is 3.24. The van der Waals surface area contributed by atoms with Crippen molar-refractivity contribution in [2.75, 3.05) is 5.32 Å². The molecule has 2 nitrogen and oxygen atoms in total. The van der Waals surface area contributed by atoms with Gasteiger partial charge in [0, 0.05) is 12.2 Å². The zero-order chi connectivity index (χ0) is 13.2. The lowest BCUT2D eigenvalue weighted by Gasteiger charge is -2.22. The number of hydrogen-bond acceptors (Lipinski definition) is 2. The summed E-state index contributed by atoms with van der Waals surface area (Å²) >= 11 is 0. The Balaban J connectivity index is 1.97. The van der Waals surface area contributed by atoms with Crippen molar-refractivity contribution in [2.24, 2.45) is 5.92 Å². The van der Waals surface area contributed by atoms with Crippen LogP contribution in [-0.4, -0.2) is 11.0 Å². The van der Waals surface area contributed by atoms with E-state index in [1.54, 1.807) is 0 Å². The Hall–Kier alpha value is -1.05. The maximum Gasteiger partial charge on any atom is 0.126 e. The highest BCUT2D eigenvalue weighted by molar-refractivity contribution is 5.38. The molecule has 0 aromatic carbocycles. The summed E-state index contributed by atoms with van der Waals surface area (Å²) in [6, 6.07) is 4.85. The van der Waals surface area contributed by atoms with Gasteiger partial charge in [-0.05, 0) is 42.7 Å². The molecule has 18 heavy (non-hydrogen) atoms. The van der Waals surface area contributed by atoms with Crippen molar-refractivity contribution in [3.05, 3.63) is 23.9 Å². The van der Waals surface area contributed by atoms with Crippen molar-refractivity contribution in [2.45, 2.75) is 64.8 Å². The Kier molecular flexibility index (Phi) is 3.94. The summed E-state index contributed by atoms with van der Waals surface area (Å²) in [5.41, 5.74) is 1.48. The summed E-state index contributed by atoms with van der Waals surface area (Å²) in [5, 5.41) is 3.55. The van der Waals surface area contributed by atoms with Crippen LogP contribution in [0.2, 0.25) is 0 Å². The molecule has 1 heterocycles. The van der Waals surface area contributed by atoms with E-state index in [1.165, 1.54) is 31.2 Å². The van der Waals surface area contributed by atoms with Gasteiger partial charge in [-0.2, -0.15) is 0 Å². The third-order valence-corrected chi connectivity index (χ3v) is 4.11. The molecular formula is C16H26N2. The summed E-state index contributed by atoms with van der Waals surface area (Å²) in [6.45, 7) is 8.95. The van der Waals surface area contributed by atoms with Crippen LogP contribution in [0.25, 0.3) is 0 Å². The van der Waals surface area contributed by atoms with Crippen LogP contribution < -0.4 is 5.32 Å². The van der Waals surface area contributed by atoms with E-state index in [1.807, 2.05) is 6.20 Å². The molecule has 1 fully saturated rings. The van der Waals surface area contributed by atoms with Gasteiger partial charge >= 0.3 is 0 Å². The monoisotopic (exact) mass is 246 g/mol. The second kappa shape index (κ2) is 5.29. The number of hydrogen-bond donors (Lipinski definition) is 1. The van der Waals surface area contributed by atoms with Gasteiger partial charge in [0.25, 0.3) is 0 Å². The SMILES string of the molecule is CC(Nc1ccc(C(C)(C)C)cn1)C1CCCC1. The predicted molar refractivity (Wildman–Crippen MR) is 78.0 cm³/mol. The lowest BCUT2D eigenvalue weighted by atomic mass is 9.88. The first-order valence-corrected chi connectivity index (χ1v) is 7.20. The molecule has 1 saturated carbocycles. The number of aromatic nitrogens is 1. The highest BCUT2D eigenvalue weighted by atomic mass is 15.0. The molecule has 1 unspecified atom stereocenters. The summed E-state index contributed by atoms with van der Waals surface area (Å²) in [7, 11) is 0. The van der Waals surface area contributed by atoms with E-state index < -0.39 is 0 Å². The number of nitrogens with one attached hydrogen (secondary N) is 1. The van der Waals surface area contributed by atoms with Gasteiger partial charge in [-0.15, -0.1) is 0 Å². The summed E-state index contributed by atoms with van der Waals surface area (Å²) in [6.07, 6.45) is 7.53. The molecular weight excluding hydrogens is 220 g/mol. The standard InChI is InChI=1S/C16H26N2/c1-12(13-7-5-6-8-13)18-15-10-9-14(11-17-15)16(2,3)4/h9-13H,5-8H2,1-4H3,(H,17,18). The topological polar surface area (TPSA) is 24.9 Å². The van der Waals surface area contributed by atoms with Gasteiger partial charge in [-0.25, -0.2) is 4.98 Å². The Morgan fingerprint density at radius 2 is 1.89 bits per heavy atom. The molecule has 0 amide bonds. The van der Waals surface area contributed by atoms with Crippen molar-refractivity contribution in [3.63, 3.8) is 0 Å². The molecule has 2 rings (SSSR count). The van der Waals surface area contributed by atoms with Crippen molar-refractivity contribution in [1.29, 1.82) is 0 Å². The van der Waals surface area contributed by atoms with Gasteiger partial charge in [0.1, 0.15) is 5.82 Å². The molecule has 0 saturated heterocycles. The van der Waals surface area contributed by atoms with Gasteiger partial charge in [0.05, 0.1) is 0 Å². The van der Waals surface area contributed by atoms with Crippen LogP contribution in [0.3, 0.4) is 0 Å². The predicted octanol–water partition coefficient (Wildman–Crippen LogP) is 4.37. The van der Waals surface area contributed by atoms with E-state index >= 15 is 0 Å². The minimum Gasteiger partial charge on any atom is -0.367 e. The smallest absolute Gasteiger partial charge is 0.126 e.